The van der Waals surface area contributed by atoms with E-state index in [-0.39, 0.29) is 17.6 Å². The molecular formula is C16H15ClO2S. The van der Waals surface area contributed by atoms with Gasteiger partial charge in [-0.1, -0.05) is 48.5 Å². The monoisotopic (exact) mass is 306 g/mol. The molecule has 0 saturated heterocycles. The third-order valence-electron chi connectivity index (χ3n) is 3.93. The Hall–Kier alpha value is -1.32. The van der Waals surface area contributed by atoms with Crippen LogP contribution in [0.4, 0.5) is 0 Å². The number of hydrogen-bond donors (Lipinski definition) is 0. The lowest BCUT2D eigenvalue weighted by molar-refractivity contribution is 0.588. The Bertz CT molecular complexity index is 710. The second-order valence-electron chi connectivity index (χ2n) is 5.10. The predicted molar refractivity (Wildman–Crippen MR) is 81.1 cm³/mol. The van der Waals surface area contributed by atoms with Crippen LogP contribution in [-0.2, 0) is 9.84 Å². The summed E-state index contributed by atoms with van der Waals surface area (Å²) in [6, 6.07) is 17.2. The van der Waals surface area contributed by atoms with Crippen LogP contribution in [0.1, 0.15) is 23.0 Å². The van der Waals surface area contributed by atoms with Gasteiger partial charge < -0.3 is 0 Å². The van der Waals surface area contributed by atoms with Crippen LogP contribution < -0.4 is 0 Å². The van der Waals surface area contributed by atoms with Gasteiger partial charge in [-0.3, -0.25) is 0 Å². The second kappa shape index (κ2) is 5.23. The normalized spacial score (nSPS) is 21.4. The fourth-order valence-electron chi connectivity index (χ4n) is 2.95. The first kappa shape index (κ1) is 13.7. The number of halogens is 1. The summed E-state index contributed by atoms with van der Waals surface area (Å²) in [4.78, 5) is 0.469. The molecule has 0 saturated carbocycles. The van der Waals surface area contributed by atoms with Gasteiger partial charge in [-0.25, -0.2) is 8.42 Å². The molecule has 0 fully saturated rings. The van der Waals surface area contributed by atoms with Crippen LogP contribution in [0, 0.1) is 0 Å². The highest BCUT2D eigenvalue weighted by Gasteiger charge is 2.38. The molecule has 2 aromatic rings. The van der Waals surface area contributed by atoms with E-state index in [9.17, 15) is 8.42 Å². The van der Waals surface area contributed by atoms with Crippen LogP contribution in [-0.4, -0.2) is 20.1 Å². The lowest BCUT2D eigenvalue weighted by Gasteiger charge is -2.21. The summed E-state index contributed by atoms with van der Waals surface area (Å²) in [5.74, 6) is 0.532. The lowest BCUT2D eigenvalue weighted by Crippen LogP contribution is -2.15. The maximum Gasteiger partial charge on any atom is 0.179 e. The van der Waals surface area contributed by atoms with Gasteiger partial charge in [0.25, 0.3) is 0 Å². The van der Waals surface area contributed by atoms with Crippen molar-refractivity contribution >= 4 is 21.4 Å². The Morgan fingerprint density at radius 3 is 2.40 bits per heavy atom. The third-order valence-corrected chi connectivity index (χ3v) is 6.10. The number of alkyl halides is 1. The second-order valence-corrected chi connectivity index (χ2v) is 7.41. The number of fused-ring (bicyclic) bond motifs is 1. The zero-order chi connectivity index (χ0) is 14.2. The van der Waals surface area contributed by atoms with Gasteiger partial charge in [-0.2, -0.15) is 0 Å². The van der Waals surface area contributed by atoms with Crippen molar-refractivity contribution < 1.29 is 8.42 Å². The minimum atomic E-state index is -3.18. The largest absolute Gasteiger partial charge is 0.224 e. The number of sulfone groups is 1. The molecule has 0 spiro atoms. The van der Waals surface area contributed by atoms with Gasteiger partial charge in [-0.05, 0) is 17.2 Å². The summed E-state index contributed by atoms with van der Waals surface area (Å²) in [6.07, 6.45) is 0. The summed E-state index contributed by atoms with van der Waals surface area (Å²) in [5, 5.41) is 0. The molecular weight excluding hydrogens is 292 g/mol. The van der Waals surface area contributed by atoms with Gasteiger partial charge in [0.15, 0.2) is 9.84 Å². The average Bonchev–Trinajstić information content (AvgIpc) is 2.74. The molecule has 2 nitrogen and oxygen atoms in total. The molecule has 0 N–H and O–H groups in total. The van der Waals surface area contributed by atoms with E-state index in [4.69, 9.17) is 11.6 Å². The van der Waals surface area contributed by atoms with E-state index in [0.29, 0.717) is 10.8 Å². The average molecular weight is 307 g/mol. The first-order valence-corrected chi connectivity index (χ1v) is 8.75. The van der Waals surface area contributed by atoms with Crippen molar-refractivity contribution in [2.75, 3.05) is 11.6 Å². The summed E-state index contributed by atoms with van der Waals surface area (Å²) >= 11 is 6.15. The van der Waals surface area contributed by atoms with Crippen LogP contribution in [0.3, 0.4) is 0 Å². The van der Waals surface area contributed by atoms with Crippen LogP contribution in [0.5, 0.6) is 0 Å². The summed E-state index contributed by atoms with van der Waals surface area (Å²) in [7, 11) is -3.18. The fourth-order valence-corrected chi connectivity index (χ4v) is 5.27. The Kier molecular flexibility index (Phi) is 3.57. The molecule has 0 aromatic heterocycles. The molecule has 20 heavy (non-hydrogen) atoms. The molecule has 0 bridgehead atoms. The molecule has 0 aliphatic carbocycles. The predicted octanol–water partition coefficient (Wildman–Crippen LogP) is 3.58. The van der Waals surface area contributed by atoms with Crippen molar-refractivity contribution in [1.29, 1.82) is 0 Å². The zero-order valence-electron chi connectivity index (χ0n) is 10.9. The molecule has 0 radical (unpaired) electrons. The molecule has 4 heteroatoms. The zero-order valence-corrected chi connectivity index (χ0v) is 12.4. The number of benzene rings is 2. The molecule has 1 heterocycles. The van der Waals surface area contributed by atoms with Gasteiger partial charge in [0.05, 0.1) is 10.6 Å². The van der Waals surface area contributed by atoms with Gasteiger partial charge in [-0.15, -0.1) is 11.6 Å². The van der Waals surface area contributed by atoms with Crippen LogP contribution in [0.2, 0.25) is 0 Å². The minimum Gasteiger partial charge on any atom is -0.224 e. The Balaban J connectivity index is 2.08. The SMILES string of the molecule is O=S1(=O)CC(C(CCl)c2ccccc2)c2ccccc21. The van der Waals surface area contributed by atoms with Gasteiger partial charge >= 0.3 is 0 Å². The van der Waals surface area contributed by atoms with Crippen molar-refractivity contribution in [2.24, 2.45) is 0 Å². The van der Waals surface area contributed by atoms with Crippen molar-refractivity contribution in [3.8, 4) is 0 Å². The number of hydrogen-bond acceptors (Lipinski definition) is 2. The standard InChI is InChI=1S/C16H15ClO2S/c17-10-14(12-6-2-1-3-7-12)15-11-20(18,19)16-9-5-4-8-13(15)16/h1-9,14-15H,10-11H2. The van der Waals surface area contributed by atoms with Crippen LogP contribution in [0.15, 0.2) is 59.5 Å². The van der Waals surface area contributed by atoms with Gasteiger partial charge in [0, 0.05) is 17.7 Å². The molecule has 0 amide bonds. The Morgan fingerprint density at radius 1 is 1.05 bits per heavy atom. The first-order chi connectivity index (χ1) is 9.63. The van der Waals surface area contributed by atoms with Crippen LogP contribution >= 0.6 is 11.6 Å². The van der Waals surface area contributed by atoms with E-state index in [1.54, 1.807) is 12.1 Å². The van der Waals surface area contributed by atoms with Crippen molar-refractivity contribution in [1.82, 2.24) is 0 Å². The van der Waals surface area contributed by atoms with E-state index < -0.39 is 9.84 Å². The van der Waals surface area contributed by atoms with Crippen molar-refractivity contribution in [3.05, 3.63) is 65.7 Å². The highest BCUT2D eigenvalue weighted by molar-refractivity contribution is 7.91. The van der Waals surface area contributed by atoms with E-state index in [1.807, 2.05) is 42.5 Å². The quantitative estimate of drug-likeness (QED) is 0.812. The molecule has 2 atom stereocenters. The maximum absolute atomic E-state index is 12.3. The van der Waals surface area contributed by atoms with E-state index in [1.165, 1.54) is 0 Å². The molecule has 2 aromatic carbocycles. The van der Waals surface area contributed by atoms with Crippen molar-refractivity contribution in [3.63, 3.8) is 0 Å². The Morgan fingerprint density at radius 2 is 1.70 bits per heavy atom. The van der Waals surface area contributed by atoms with E-state index in [0.717, 1.165) is 11.1 Å². The number of rotatable bonds is 3. The highest BCUT2D eigenvalue weighted by atomic mass is 35.5. The van der Waals surface area contributed by atoms with Crippen LogP contribution in [0.25, 0.3) is 0 Å². The molecule has 2 unspecified atom stereocenters. The van der Waals surface area contributed by atoms with Gasteiger partial charge in [0.2, 0.25) is 0 Å². The van der Waals surface area contributed by atoms with E-state index >= 15 is 0 Å². The van der Waals surface area contributed by atoms with Crippen molar-refractivity contribution in [2.45, 2.75) is 16.7 Å². The highest BCUT2D eigenvalue weighted by Crippen LogP contribution is 2.43. The topological polar surface area (TPSA) is 34.1 Å². The smallest absolute Gasteiger partial charge is 0.179 e. The fraction of sp³-hybridized carbons (Fsp3) is 0.250. The summed E-state index contributed by atoms with van der Waals surface area (Å²) in [5.41, 5.74) is 2.00. The lowest BCUT2D eigenvalue weighted by atomic mass is 9.84. The minimum absolute atomic E-state index is 0.0243. The Labute approximate surface area is 124 Å². The van der Waals surface area contributed by atoms with Gasteiger partial charge in [0.1, 0.15) is 0 Å². The first-order valence-electron chi connectivity index (χ1n) is 6.56. The molecule has 1 aliphatic heterocycles. The summed E-state index contributed by atoms with van der Waals surface area (Å²) in [6.45, 7) is 0. The third kappa shape index (κ3) is 2.25. The van der Waals surface area contributed by atoms with E-state index in [2.05, 4.69) is 0 Å². The molecule has 1 aliphatic rings. The molecule has 104 valence electrons. The summed E-state index contributed by atoms with van der Waals surface area (Å²) < 4.78 is 24.5. The molecule has 3 rings (SSSR count). The maximum atomic E-state index is 12.3.